The van der Waals surface area contributed by atoms with E-state index in [0.717, 1.165) is 18.5 Å². The van der Waals surface area contributed by atoms with Crippen LogP contribution in [0.5, 0.6) is 0 Å². The molecule has 0 saturated heterocycles. The van der Waals surface area contributed by atoms with Crippen molar-refractivity contribution >= 4 is 39.1 Å². The number of urea groups is 1. The Morgan fingerprint density at radius 3 is 2.57 bits per heavy atom. The SMILES string of the molecule is CCCS(=O)(=O)Nc1ccc(F)c(NC(=O)Nc2cc(NCO)ncn2)c1F. The van der Waals surface area contributed by atoms with Crippen molar-refractivity contribution in [3.05, 3.63) is 36.2 Å². The second-order valence-electron chi connectivity index (χ2n) is 5.41. The first-order valence-corrected chi connectivity index (χ1v) is 9.64. The van der Waals surface area contributed by atoms with Crippen molar-refractivity contribution in [2.45, 2.75) is 13.3 Å². The Hall–Kier alpha value is -3.06. The van der Waals surface area contributed by atoms with E-state index in [1.54, 1.807) is 6.92 Å². The fraction of sp³-hybridized carbons (Fsp3) is 0.267. The van der Waals surface area contributed by atoms with Crippen molar-refractivity contribution in [2.24, 2.45) is 0 Å². The van der Waals surface area contributed by atoms with Gasteiger partial charge in [0.2, 0.25) is 10.0 Å². The van der Waals surface area contributed by atoms with Crippen LogP contribution in [0.3, 0.4) is 0 Å². The predicted molar refractivity (Wildman–Crippen MR) is 99.4 cm³/mol. The lowest BCUT2D eigenvalue weighted by molar-refractivity contribution is 0.262. The third-order valence-electron chi connectivity index (χ3n) is 3.24. The predicted octanol–water partition coefficient (Wildman–Crippen LogP) is 1.91. The number of amides is 2. The van der Waals surface area contributed by atoms with E-state index >= 15 is 0 Å². The zero-order valence-electron chi connectivity index (χ0n) is 14.7. The molecular formula is C15H18F2N6O4S. The van der Waals surface area contributed by atoms with Gasteiger partial charge in [-0.1, -0.05) is 6.92 Å². The monoisotopic (exact) mass is 416 g/mol. The Morgan fingerprint density at radius 1 is 1.18 bits per heavy atom. The van der Waals surface area contributed by atoms with Crippen molar-refractivity contribution in [3.63, 3.8) is 0 Å². The zero-order valence-corrected chi connectivity index (χ0v) is 15.5. The number of halogens is 2. The number of sulfonamides is 1. The summed E-state index contributed by atoms with van der Waals surface area (Å²) in [4.78, 5) is 19.6. The first-order chi connectivity index (χ1) is 13.3. The minimum absolute atomic E-state index is 0.0101. The summed E-state index contributed by atoms with van der Waals surface area (Å²) in [7, 11) is -3.81. The van der Waals surface area contributed by atoms with E-state index in [1.165, 1.54) is 6.07 Å². The van der Waals surface area contributed by atoms with Crippen LogP contribution in [0.25, 0.3) is 0 Å². The fourth-order valence-electron chi connectivity index (χ4n) is 2.10. The van der Waals surface area contributed by atoms with E-state index in [4.69, 9.17) is 5.11 Å². The second kappa shape index (κ2) is 9.23. The molecule has 0 saturated carbocycles. The number of aliphatic hydroxyl groups is 1. The first kappa shape index (κ1) is 21.2. The highest BCUT2D eigenvalue weighted by Gasteiger charge is 2.19. The molecule has 2 amide bonds. The van der Waals surface area contributed by atoms with E-state index in [1.807, 2.05) is 10.0 Å². The lowest BCUT2D eigenvalue weighted by atomic mass is 10.2. The fourth-order valence-corrected chi connectivity index (χ4v) is 3.23. The molecule has 0 atom stereocenters. The molecule has 0 fully saturated rings. The number of anilines is 4. The van der Waals surface area contributed by atoms with Crippen molar-refractivity contribution in [2.75, 3.05) is 33.2 Å². The van der Waals surface area contributed by atoms with Crippen LogP contribution in [-0.2, 0) is 10.0 Å². The van der Waals surface area contributed by atoms with E-state index in [0.29, 0.717) is 6.42 Å². The van der Waals surface area contributed by atoms with Crippen LogP contribution >= 0.6 is 0 Å². The average molecular weight is 416 g/mol. The summed E-state index contributed by atoms with van der Waals surface area (Å²) in [6, 6.07) is 1.98. The van der Waals surface area contributed by atoms with Crippen molar-refractivity contribution < 1.29 is 27.1 Å². The summed E-state index contributed by atoms with van der Waals surface area (Å²) in [5, 5.41) is 15.5. The summed E-state index contributed by atoms with van der Waals surface area (Å²) < 4.78 is 54.0. The maximum atomic E-state index is 14.5. The second-order valence-corrected chi connectivity index (χ2v) is 7.25. The molecule has 2 aromatic rings. The minimum atomic E-state index is -3.81. The molecule has 1 aromatic carbocycles. The van der Waals surface area contributed by atoms with Gasteiger partial charge in [-0.15, -0.1) is 0 Å². The summed E-state index contributed by atoms with van der Waals surface area (Å²) in [5.74, 6) is -2.43. The standard InChI is InChI=1S/C15H18F2N6O4S/c1-2-5-28(26,27)23-10-4-3-9(16)14(13(10)17)22-15(25)21-12-6-11(20-8-24)18-7-19-12/h3-4,6-7,23-24H,2,5,8H2,1H3,(H3,18,19,20,21,22,25). The van der Waals surface area contributed by atoms with Gasteiger partial charge < -0.3 is 15.7 Å². The lowest BCUT2D eigenvalue weighted by Crippen LogP contribution is -2.23. The molecule has 0 spiro atoms. The van der Waals surface area contributed by atoms with Crippen LogP contribution in [0.4, 0.5) is 36.6 Å². The van der Waals surface area contributed by atoms with Gasteiger partial charge >= 0.3 is 6.03 Å². The molecule has 1 aromatic heterocycles. The van der Waals surface area contributed by atoms with Gasteiger partial charge in [0.15, 0.2) is 5.82 Å². The number of hydrogen-bond acceptors (Lipinski definition) is 7. The van der Waals surface area contributed by atoms with Crippen LogP contribution in [0.1, 0.15) is 13.3 Å². The maximum absolute atomic E-state index is 14.5. The van der Waals surface area contributed by atoms with E-state index < -0.39 is 45.8 Å². The summed E-state index contributed by atoms with van der Waals surface area (Å²) >= 11 is 0. The number of benzene rings is 1. The van der Waals surface area contributed by atoms with Gasteiger partial charge in [0.25, 0.3) is 0 Å². The molecule has 0 aliphatic carbocycles. The molecule has 0 aliphatic rings. The Balaban J connectivity index is 2.17. The summed E-state index contributed by atoms with van der Waals surface area (Å²) in [5.41, 5.74) is -1.33. The van der Waals surface area contributed by atoms with E-state index in [-0.39, 0.29) is 17.4 Å². The lowest BCUT2D eigenvalue weighted by Gasteiger charge is -2.13. The van der Waals surface area contributed by atoms with Gasteiger partial charge in [0.05, 0.1) is 11.4 Å². The average Bonchev–Trinajstić information content (AvgIpc) is 2.61. The molecule has 2 rings (SSSR count). The Morgan fingerprint density at radius 2 is 1.89 bits per heavy atom. The van der Waals surface area contributed by atoms with Crippen molar-refractivity contribution in [3.8, 4) is 0 Å². The molecule has 28 heavy (non-hydrogen) atoms. The van der Waals surface area contributed by atoms with Gasteiger partial charge in [-0.3, -0.25) is 10.0 Å². The topological polar surface area (TPSA) is 145 Å². The molecule has 0 bridgehead atoms. The highest BCUT2D eigenvalue weighted by Crippen LogP contribution is 2.27. The van der Waals surface area contributed by atoms with Crippen molar-refractivity contribution in [1.29, 1.82) is 0 Å². The maximum Gasteiger partial charge on any atom is 0.325 e. The van der Waals surface area contributed by atoms with Gasteiger partial charge in [0.1, 0.15) is 36.2 Å². The Bertz CT molecular complexity index is 958. The van der Waals surface area contributed by atoms with E-state index in [2.05, 4.69) is 20.6 Å². The van der Waals surface area contributed by atoms with Crippen LogP contribution in [0.2, 0.25) is 0 Å². The summed E-state index contributed by atoms with van der Waals surface area (Å²) in [6.45, 7) is 1.23. The quantitative estimate of drug-likeness (QED) is 0.413. The Kier molecular flexibility index (Phi) is 7.00. The molecule has 5 N–H and O–H groups in total. The molecule has 0 unspecified atom stereocenters. The van der Waals surface area contributed by atoms with Crippen LogP contribution in [0, 0.1) is 11.6 Å². The summed E-state index contributed by atoms with van der Waals surface area (Å²) in [6.07, 6.45) is 1.40. The number of aromatic nitrogens is 2. The molecule has 13 heteroatoms. The minimum Gasteiger partial charge on any atom is -0.377 e. The normalized spacial score (nSPS) is 11.0. The van der Waals surface area contributed by atoms with Gasteiger partial charge in [-0.25, -0.2) is 32.0 Å². The zero-order chi connectivity index (χ0) is 20.7. The number of hydrogen-bond donors (Lipinski definition) is 5. The Labute approximate surface area is 159 Å². The van der Waals surface area contributed by atoms with Gasteiger partial charge in [-0.05, 0) is 18.6 Å². The molecule has 10 nitrogen and oxygen atoms in total. The number of nitrogens with one attached hydrogen (secondary N) is 4. The highest BCUT2D eigenvalue weighted by molar-refractivity contribution is 7.92. The smallest absolute Gasteiger partial charge is 0.325 e. The number of rotatable bonds is 8. The number of nitrogens with zero attached hydrogens (tertiary/aromatic N) is 2. The van der Waals surface area contributed by atoms with Crippen LogP contribution in [-0.4, -0.2) is 42.0 Å². The van der Waals surface area contributed by atoms with Crippen LogP contribution < -0.4 is 20.7 Å². The first-order valence-electron chi connectivity index (χ1n) is 7.99. The van der Waals surface area contributed by atoms with Crippen LogP contribution in [0.15, 0.2) is 24.5 Å². The molecular weight excluding hydrogens is 398 g/mol. The highest BCUT2D eigenvalue weighted by atomic mass is 32.2. The number of aliphatic hydroxyl groups excluding tert-OH is 1. The molecule has 0 aliphatic heterocycles. The molecule has 0 radical (unpaired) electrons. The third kappa shape index (κ3) is 5.72. The molecule has 1 heterocycles. The van der Waals surface area contributed by atoms with Crippen molar-refractivity contribution in [1.82, 2.24) is 9.97 Å². The third-order valence-corrected chi connectivity index (χ3v) is 4.71. The number of carbonyl (C=O) groups excluding carboxylic acids is 1. The molecule has 152 valence electrons. The van der Waals surface area contributed by atoms with Gasteiger partial charge in [0, 0.05) is 6.07 Å². The number of carbonyl (C=O) groups is 1. The van der Waals surface area contributed by atoms with E-state index in [9.17, 15) is 22.0 Å². The van der Waals surface area contributed by atoms with Gasteiger partial charge in [-0.2, -0.15) is 0 Å². The largest absolute Gasteiger partial charge is 0.377 e.